The van der Waals surface area contributed by atoms with Gasteiger partial charge in [-0.15, -0.1) is 0 Å². The smallest absolute Gasteiger partial charge is 0.269 e. The first-order valence-corrected chi connectivity index (χ1v) is 11.5. The fourth-order valence-electron chi connectivity index (χ4n) is 4.72. The lowest BCUT2D eigenvalue weighted by molar-refractivity contribution is -0.384. The van der Waals surface area contributed by atoms with E-state index in [1.165, 1.54) is 36.8 Å². The van der Waals surface area contributed by atoms with Crippen LogP contribution in [0.1, 0.15) is 62.4 Å². The number of hydrogen-bond donors (Lipinski definition) is 0. The summed E-state index contributed by atoms with van der Waals surface area (Å²) in [6.07, 6.45) is 4.10. The van der Waals surface area contributed by atoms with E-state index in [0.717, 1.165) is 50.1 Å². The van der Waals surface area contributed by atoms with Gasteiger partial charge in [-0.2, -0.15) is 0 Å². The molecule has 0 unspecified atom stereocenters. The van der Waals surface area contributed by atoms with Crippen LogP contribution in [0.25, 0.3) is 0 Å². The SMILES string of the molecule is CC.CCCCN1CCC2(CC1)CN(C(=O)c1ccc([N+](=O)[O-])cc1)c1ccc(F)cc12. The number of fused-ring (bicyclic) bond motifs is 2. The van der Waals surface area contributed by atoms with E-state index >= 15 is 0 Å². The second-order valence-corrected chi connectivity index (χ2v) is 8.33. The van der Waals surface area contributed by atoms with Crippen LogP contribution in [0.5, 0.6) is 0 Å². The van der Waals surface area contributed by atoms with Gasteiger partial charge in [0.25, 0.3) is 11.6 Å². The van der Waals surface area contributed by atoms with Crippen LogP contribution >= 0.6 is 0 Å². The molecule has 0 radical (unpaired) electrons. The summed E-state index contributed by atoms with van der Waals surface area (Å²) in [6, 6.07) is 10.3. The molecule has 0 aromatic heterocycles. The molecule has 0 atom stereocenters. The molecule has 32 heavy (non-hydrogen) atoms. The molecule has 0 aliphatic carbocycles. The van der Waals surface area contributed by atoms with Crippen molar-refractivity contribution in [3.05, 3.63) is 69.5 Å². The Labute approximate surface area is 189 Å². The molecular formula is C25H32FN3O3. The van der Waals surface area contributed by atoms with Crippen LogP contribution in [0.4, 0.5) is 15.8 Å². The van der Waals surface area contributed by atoms with Crippen molar-refractivity contribution in [1.29, 1.82) is 0 Å². The number of hydrogen-bond acceptors (Lipinski definition) is 4. The summed E-state index contributed by atoms with van der Waals surface area (Å²) in [7, 11) is 0. The average Bonchev–Trinajstić information content (AvgIpc) is 3.13. The summed E-state index contributed by atoms with van der Waals surface area (Å²) in [5, 5.41) is 10.9. The normalized spacial score (nSPS) is 16.9. The van der Waals surface area contributed by atoms with Gasteiger partial charge in [-0.25, -0.2) is 4.39 Å². The molecule has 1 saturated heterocycles. The molecule has 1 amide bonds. The molecule has 7 heteroatoms. The van der Waals surface area contributed by atoms with Gasteiger partial charge in [0, 0.05) is 35.3 Å². The van der Waals surface area contributed by atoms with Crippen LogP contribution < -0.4 is 4.90 Å². The Morgan fingerprint density at radius 2 is 1.78 bits per heavy atom. The molecule has 2 aliphatic rings. The number of nitro groups is 1. The predicted octanol–water partition coefficient (Wildman–Crippen LogP) is 5.55. The lowest BCUT2D eigenvalue weighted by Crippen LogP contribution is -2.46. The van der Waals surface area contributed by atoms with Crippen molar-refractivity contribution in [2.24, 2.45) is 0 Å². The zero-order valence-corrected chi connectivity index (χ0v) is 19.1. The third-order valence-electron chi connectivity index (χ3n) is 6.49. The van der Waals surface area contributed by atoms with E-state index in [1.54, 1.807) is 17.0 Å². The zero-order valence-electron chi connectivity index (χ0n) is 19.1. The number of nitro benzene ring substituents is 1. The fraction of sp³-hybridized carbons (Fsp3) is 0.480. The maximum absolute atomic E-state index is 14.1. The molecule has 4 rings (SSSR count). The highest BCUT2D eigenvalue weighted by Crippen LogP contribution is 2.47. The van der Waals surface area contributed by atoms with E-state index in [2.05, 4.69) is 11.8 Å². The van der Waals surface area contributed by atoms with Crippen molar-refractivity contribution >= 4 is 17.3 Å². The van der Waals surface area contributed by atoms with Crippen molar-refractivity contribution in [3.8, 4) is 0 Å². The second kappa shape index (κ2) is 10.2. The minimum Gasteiger partial charge on any atom is -0.307 e. The number of non-ortho nitro benzene ring substituents is 1. The highest BCUT2D eigenvalue weighted by atomic mass is 19.1. The maximum Gasteiger partial charge on any atom is 0.269 e. The first-order chi connectivity index (χ1) is 15.4. The van der Waals surface area contributed by atoms with Crippen LogP contribution in [0.2, 0.25) is 0 Å². The monoisotopic (exact) mass is 441 g/mol. The molecule has 2 aliphatic heterocycles. The van der Waals surface area contributed by atoms with E-state index < -0.39 is 4.92 Å². The van der Waals surface area contributed by atoms with Crippen molar-refractivity contribution in [2.45, 2.75) is 51.9 Å². The summed E-state index contributed by atoms with van der Waals surface area (Å²) >= 11 is 0. The molecule has 1 spiro atoms. The van der Waals surface area contributed by atoms with Crippen molar-refractivity contribution < 1.29 is 14.1 Å². The summed E-state index contributed by atoms with van der Waals surface area (Å²) < 4.78 is 14.1. The van der Waals surface area contributed by atoms with Crippen LogP contribution in [0.3, 0.4) is 0 Å². The van der Waals surface area contributed by atoms with Crippen LogP contribution in [-0.4, -0.2) is 41.9 Å². The highest BCUT2D eigenvalue weighted by Gasteiger charge is 2.46. The Balaban J connectivity index is 0.00000141. The molecule has 2 heterocycles. The lowest BCUT2D eigenvalue weighted by Gasteiger charge is -2.40. The van der Waals surface area contributed by atoms with E-state index in [0.29, 0.717) is 12.1 Å². The van der Waals surface area contributed by atoms with Gasteiger partial charge >= 0.3 is 0 Å². The Morgan fingerprint density at radius 3 is 2.38 bits per heavy atom. The molecule has 0 saturated carbocycles. The molecule has 2 aromatic rings. The van der Waals surface area contributed by atoms with Crippen molar-refractivity contribution in [3.63, 3.8) is 0 Å². The molecule has 2 aromatic carbocycles. The van der Waals surface area contributed by atoms with Crippen LogP contribution in [0, 0.1) is 15.9 Å². The number of nitrogens with zero attached hydrogens (tertiary/aromatic N) is 3. The van der Waals surface area contributed by atoms with Gasteiger partial charge in [-0.3, -0.25) is 14.9 Å². The number of likely N-dealkylation sites (tertiary alicyclic amines) is 1. The Bertz CT molecular complexity index is 953. The van der Waals surface area contributed by atoms with Gasteiger partial charge in [-0.05, 0) is 74.8 Å². The zero-order chi connectivity index (χ0) is 23.3. The van der Waals surface area contributed by atoms with E-state index in [1.807, 2.05) is 13.8 Å². The Hall–Kier alpha value is -2.80. The predicted molar refractivity (Wildman–Crippen MR) is 125 cm³/mol. The number of anilines is 1. The third-order valence-corrected chi connectivity index (χ3v) is 6.49. The average molecular weight is 442 g/mol. The number of piperidine rings is 1. The summed E-state index contributed by atoms with van der Waals surface area (Å²) in [5.74, 6) is -0.491. The van der Waals surface area contributed by atoms with E-state index in [-0.39, 0.29) is 22.8 Å². The Kier molecular flexibility index (Phi) is 7.61. The number of rotatable bonds is 5. The van der Waals surface area contributed by atoms with Crippen LogP contribution in [0.15, 0.2) is 42.5 Å². The largest absolute Gasteiger partial charge is 0.307 e. The van der Waals surface area contributed by atoms with Gasteiger partial charge in [-0.1, -0.05) is 27.2 Å². The number of unbranched alkanes of at least 4 members (excludes halogenated alkanes) is 1. The maximum atomic E-state index is 14.1. The van der Waals surface area contributed by atoms with E-state index in [9.17, 15) is 19.3 Å². The lowest BCUT2D eigenvalue weighted by atomic mass is 9.74. The molecule has 0 N–H and O–H groups in total. The van der Waals surface area contributed by atoms with E-state index in [4.69, 9.17) is 0 Å². The minimum absolute atomic E-state index is 0.0497. The number of benzene rings is 2. The number of halogens is 1. The third kappa shape index (κ3) is 4.67. The topological polar surface area (TPSA) is 66.7 Å². The number of amides is 1. The number of carbonyl (C=O) groups is 1. The minimum atomic E-state index is -0.483. The first-order valence-electron chi connectivity index (χ1n) is 11.5. The van der Waals surface area contributed by atoms with Gasteiger partial charge in [0.2, 0.25) is 0 Å². The molecule has 1 fully saturated rings. The second-order valence-electron chi connectivity index (χ2n) is 8.33. The first kappa shape index (κ1) is 23.9. The highest BCUT2D eigenvalue weighted by molar-refractivity contribution is 6.07. The summed E-state index contributed by atoms with van der Waals surface area (Å²) in [6.45, 7) is 9.66. The molecule has 172 valence electrons. The number of carbonyl (C=O) groups excluding carboxylic acids is 1. The van der Waals surface area contributed by atoms with Gasteiger partial charge in [0.15, 0.2) is 0 Å². The van der Waals surface area contributed by atoms with Gasteiger partial charge in [0.05, 0.1) is 4.92 Å². The summed E-state index contributed by atoms with van der Waals surface area (Å²) in [4.78, 5) is 27.8. The van der Waals surface area contributed by atoms with Crippen molar-refractivity contribution in [1.82, 2.24) is 4.90 Å². The van der Waals surface area contributed by atoms with Crippen LogP contribution in [-0.2, 0) is 5.41 Å². The standard InChI is InChI=1S/C23H26FN3O3.C2H6/c1-2-3-12-25-13-10-23(11-14-25)16-26(21-9-6-18(24)15-20(21)23)22(28)17-4-7-19(8-5-17)27(29)30;1-2/h4-9,15H,2-3,10-14,16H2,1H3;1-2H3. The van der Waals surface area contributed by atoms with Gasteiger partial charge in [0.1, 0.15) is 5.82 Å². The summed E-state index contributed by atoms with van der Waals surface area (Å²) in [5.41, 5.74) is 1.77. The fourth-order valence-corrected chi connectivity index (χ4v) is 4.72. The van der Waals surface area contributed by atoms with Gasteiger partial charge < -0.3 is 9.80 Å². The Morgan fingerprint density at radius 1 is 1.12 bits per heavy atom. The quantitative estimate of drug-likeness (QED) is 0.450. The van der Waals surface area contributed by atoms with Crippen molar-refractivity contribution in [2.75, 3.05) is 31.1 Å². The molecule has 0 bridgehead atoms. The molecular weight excluding hydrogens is 409 g/mol. The molecule has 6 nitrogen and oxygen atoms in total.